The highest BCUT2D eigenvalue weighted by atomic mass is 16.5. The summed E-state index contributed by atoms with van der Waals surface area (Å²) in [6.45, 7) is 3.98. The van der Waals surface area contributed by atoms with Crippen molar-refractivity contribution in [1.29, 1.82) is 0 Å². The first-order valence-corrected chi connectivity index (χ1v) is 5.00. The second-order valence-corrected chi connectivity index (χ2v) is 3.62. The van der Waals surface area contributed by atoms with Crippen molar-refractivity contribution in [1.82, 2.24) is 0 Å². The predicted molar refractivity (Wildman–Crippen MR) is 56.1 cm³/mol. The van der Waals surface area contributed by atoms with Gasteiger partial charge in [-0.15, -0.1) is 0 Å². The average Bonchev–Trinajstić information content (AvgIpc) is 2.21. The van der Waals surface area contributed by atoms with Crippen LogP contribution in [0.2, 0.25) is 0 Å². The van der Waals surface area contributed by atoms with Crippen LogP contribution in [-0.4, -0.2) is 54.5 Å². The van der Waals surface area contributed by atoms with Crippen LogP contribution in [0.3, 0.4) is 0 Å². The third-order valence-electron chi connectivity index (χ3n) is 1.87. The first kappa shape index (κ1) is 14.8. The SMILES string of the molecule is CC(CO)OCC(C)OCC(O)C(N)N. The summed E-state index contributed by atoms with van der Waals surface area (Å²) in [5.41, 5.74) is 10.5. The van der Waals surface area contributed by atoms with E-state index in [1.54, 1.807) is 13.8 Å². The van der Waals surface area contributed by atoms with Gasteiger partial charge in [-0.1, -0.05) is 0 Å². The summed E-state index contributed by atoms with van der Waals surface area (Å²) in [5, 5.41) is 17.9. The lowest BCUT2D eigenvalue weighted by molar-refractivity contribution is -0.0675. The van der Waals surface area contributed by atoms with Gasteiger partial charge in [-0.3, -0.25) is 0 Å². The molecule has 6 nitrogen and oxygen atoms in total. The molecule has 3 unspecified atom stereocenters. The lowest BCUT2D eigenvalue weighted by Crippen LogP contribution is -2.45. The summed E-state index contributed by atoms with van der Waals surface area (Å²) < 4.78 is 10.5. The molecule has 0 aromatic carbocycles. The summed E-state index contributed by atoms with van der Waals surface area (Å²) >= 11 is 0. The van der Waals surface area contributed by atoms with Crippen molar-refractivity contribution in [2.24, 2.45) is 11.5 Å². The van der Waals surface area contributed by atoms with Crippen molar-refractivity contribution in [2.75, 3.05) is 19.8 Å². The Kier molecular flexibility index (Phi) is 7.85. The molecule has 0 radical (unpaired) electrons. The third-order valence-corrected chi connectivity index (χ3v) is 1.87. The molecule has 0 rings (SSSR count). The molecule has 0 fully saturated rings. The minimum atomic E-state index is -0.872. The molecule has 6 heteroatoms. The van der Waals surface area contributed by atoms with Gasteiger partial charge in [0.15, 0.2) is 0 Å². The van der Waals surface area contributed by atoms with Crippen LogP contribution in [0.4, 0.5) is 0 Å². The van der Waals surface area contributed by atoms with Gasteiger partial charge in [0.25, 0.3) is 0 Å². The molecule has 0 saturated heterocycles. The molecule has 0 aromatic heterocycles. The van der Waals surface area contributed by atoms with Crippen LogP contribution < -0.4 is 11.5 Å². The van der Waals surface area contributed by atoms with Gasteiger partial charge in [0.05, 0.1) is 38.2 Å². The Morgan fingerprint density at radius 3 is 2.07 bits per heavy atom. The minimum absolute atomic E-state index is 0.0248. The molecule has 0 bridgehead atoms. The number of hydrogen-bond acceptors (Lipinski definition) is 6. The maximum absolute atomic E-state index is 9.24. The van der Waals surface area contributed by atoms with Gasteiger partial charge < -0.3 is 31.2 Å². The Hall–Kier alpha value is -0.240. The van der Waals surface area contributed by atoms with Crippen molar-refractivity contribution in [3.63, 3.8) is 0 Å². The van der Waals surface area contributed by atoms with Crippen molar-refractivity contribution in [2.45, 2.75) is 38.3 Å². The molecule has 15 heavy (non-hydrogen) atoms. The molecule has 0 spiro atoms. The second kappa shape index (κ2) is 7.98. The number of hydrogen-bond donors (Lipinski definition) is 4. The number of aliphatic hydroxyl groups excluding tert-OH is 2. The van der Waals surface area contributed by atoms with E-state index in [9.17, 15) is 5.11 Å². The predicted octanol–water partition coefficient (Wildman–Crippen LogP) is -1.61. The van der Waals surface area contributed by atoms with Crippen molar-refractivity contribution < 1.29 is 19.7 Å². The highest BCUT2D eigenvalue weighted by Crippen LogP contribution is 1.98. The molecule has 0 saturated carbocycles. The molecule has 0 aliphatic heterocycles. The number of nitrogens with two attached hydrogens (primary N) is 2. The van der Waals surface area contributed by atoms with Gasteiger partial charge >= 0.3 is 0 Å². The highest BCUT2D eigenvalue weighted by Gasteiger charge is 2.13. The Labute approximate surface area is 90.2 Å². The highest BCUT2D eigenvalue weighted by molar-refractivity contribution is 4.64. The molecule has 6 N–H and O–H groups in total. The molecule has 0 aliphatic carbocycles. The molecule has 0 heterocycles. The van der Waals surface area contributed by atoms with Gasteiger partial charge in [0.2, 0.25) is 0 Å². The molecule has 92 valence electrons. The van der Waals surface area contributed by atoms with E-state index < -0.39 is 12.3 Å². The van der Waals surface area contributed by atoms with Crippen molar-refractivity contribution in [3.8, 4) is 0 Å². The van der Waals surface area contributed by atoms with Crippen LogP contribution in [0, 0.1) is 0 Å². The molecular weight excluding hydrogens is 200 g/mol. The van der Waals surface area contributed by atoms with Crippen LogP contribution in [-0.2, 0) is 9.47 Å². The minimum Gasteiger partial charge on any atom is -0.394 e. The number of rotatable bonds is 8. The van der Waals surface area contributed by atoms with E-state index in [0.29, 0.717) is 6.61 Å². The van der Waals surface area contributed by atoms with E-state index in [1.807, 2.05) is 0 Å². The van der Waals surface area contributed by atoms with Crippen LogP contribution in [0.5, 0.6) is 0 Å². The lowest BCUT2D eigenvalue weighted by atomic mass is 10.3. The first-order chi connectivity index (χ1) is 6.97. The third kappa shape index (κ3) is 7.66. The van der Waals surface area contributed by atoms with Crippen LogP contribution in [0.15, 0.2) is 0 Å². The Balaban J connectivity index is 3.52. The summed E-state index contributed by atoms with van der Waals surface area (Å²) in [6, 6.07) is 0. The molecule has 0 aliphatic rings. The zero-order valence-electron chi connectivity index (χ0n) is 9.30. The Morgan fingerprint density at radius 1 is 1.07 bits per heavy atom. The van der Waals surface area contributed by atoms with E-state index in [0.717, 1.165) is 0 Å². The Morgan fingerprint density at radius 2 is 1.60 bits per heavy atom. The lowest BCUT2D eigenvalue weighted by Gasteiger charge is -2.19. The zero-order valence-corrected chi connectivity index (χ0v) is 9.30. The standard InChI is InChI=1S/C9H22N2O4/c1-6(3-12)14-4-7(2)15-5-8(13)9(10)11/h6-9,12-13H,3-5,10-11H2,1-2H3. The van der Waals surface area contributed by atoms with Crippen LogP contribution in [0.1, 0.15) is 13.8 Å². The van der Waals surface area contributed by atoms with Gasteiger partial charge in [-0.2, -0.15) is 0 Å². The maximum Gasteiger partial charge on any atom is 0.105 e. The van der Waals surface area contributed by atoms with E-state index >= 15 is 0 Å². The molecule has 0 aromatic rings. The largest absolute Gasteiger partial charge is 0.394 e. The fourth-order valence-corrected chi connectivity index (χ4v) is 0.775. The van der Waals surface area contributed by atoms with Gasteiger partial charge in [0, 0.05) is 0 Å². The monoisotopic (exact) mass is 222 g/mol. The van der Waals surface area contributed by atoms with E-state index in [4.69, 9.17) is 26.0 Å². The summed E-state index contributed by atoms with van der Waals surface area (Å²) in [5.74, 6) is 0. The summed E-state index contributed by atoms with van der Waals surface area (Å²) in [7, 11) is 0. The van der Waals surface area contributed by atoms with Gasteiger partial charge in [-0.25, -0.2) is 0 Å². The van der Waals surface area contributed by atoms with E-state index in [2.05, 4.69) is 0 Å². The zero-order chi connectivity index (χ0) is 11.8. The smallest absolute Gasteiger partial charge is 0.105 e. The van der Waals surface area contributed by atoms with Crippen molar-refractivity contribution >= 4 is 0 Å². The second-order valence-electron chi connectivity index (χ2n) is 3.62. The molecular formula is C9H22N2O4. The fraction of sp³-hybridized carbons (Fsp3) is 1.00. The number of ether oxygens (including phenoxy) is 2. The van der Waals surface area contributed by atoms with E-state index in [1.165, 1.54) is 0 Å². The molecule has 0 amide bonds. The summed E-state index contributed by atoms with van der Waals surface area (Å²) in [6.07, 6.45) is -2.05. The topological polar surface area (TPSA) is 111 Å². The normalized spacial score (nSPS) is 17.8. The van der Waals surface area contributed by atoms with Gasteiger partial charge in [0.1, 0.15) is 6.10 Å². The first-order valence-electron chi connectivity index (χ1n) is 5.00. The quantitative estimate of drug-likeness (QED) is 0.368. The Bertz CT molecular complexity index is 157. The van der Waals surface area contributed by atoms with Crippen LogP contribution in [0.25, 0.3) is 0 Å². The van der Waals surface area contributed by atoms with E-state index in [-0.39, 0.29) is 25.4 Å². The number of aliphatic hydroxyl groups is 2. The summed E-state index contributed by atoms with van der Waals surface area (Å²) in [4.78, 5) is 0. The molecule has 3 atom stereocenters. The average molecular weight is 222 g/mol. The maximum atomic E-state index is 9.24. The van der Waals surface area contributed by atoms with Crippen LogP contribution >= 0.6 is 0 Å². The van der Waals surface area contributed by atoms with Crippen molar-refractivity contribution in [3.05, 3.63) is 0 Å². The van der Waals surface area contributed by atoms with Gasteiger partial charge in [-0.05, 0) is 13.8 Å². The fourth-order valence-electron chi connectivity index (χ4n) is 0.775.